The summed E-state index contributed by atoms with van der Waals surface area (Å²) in [5.74, 6) is -0.535. The molecule has 1 heterocycles. The highest BCUT2D eigenvalue weighted by Crippen LogP contribution is 2.12. The summed E-state index contributed by atoms with van der Waals surface area (Å²) < 4.78 is 23.2. The molecule has 0 atom stereocenters. The van der Waals surface area contributed by atoms with E-state index in [9.17, 15) is 9.18 Å². The van der Waals surface area contributed by atoms with Crippen LogP contribution in [-0.2, 0) is 11.3 Å². The molecule has 0 bridgehead atoms. The summed E-state index contributed by atoms with van der Waals surface area (Å²) in [6.45, 7) is 1.46. The van der Waals surface area contributed by atoms with Crippen LogP contribution in [0.5, 0.6) is 0 Å². The fourth-order valence-corrected chi connectivity index (χ4v) is 1.42. The Bertz CT molecular complexity index is 625. The Kier molecular flexibility index (Phi) is 3.97. The molecule has 0 aliphatic carbocycles. The number of nitrogens with zero attached hydrogens (tertiary/aromatic N) is 3. The molecule has 0 aliphatic heterocycles. The lowest BCUT2D eigenvalue weighted by molar-refractivity contribution is 0.0429. The summed E-state index contributed by atoms with van der Waals surface area (Å²) in [5.41, 5.74) is 0.606. The fraction of sp³-hybridized carbons (Fsp3) is 0.308. The monoisotopic (exact) mass is 279 g/mol. The molecular formula is C13H14FN3O3. The van der Waals surface area contributed by atoms with Crippen molar-refractivity contribution in [2.24, 2.45) is 0 Å². The van der Waals surface area contributed by atoms with Crippen molar-refractivity contribution >= 4 is 11.9 Å². The zero-order valence-electron chi connectivity index (χ0n) is 11.4. The van der Waals surface area contributed by atoms with Gasteiger partial charge in [-0.05, 0) is 29.8 Å². The highest BCUT2D eigenvalue weighted by molar-refractivity contribution is 5.89. The summed E-state index contributed by atoms with van der Waals surface area (Å²) in [4.78, 5) is 17.4. The standard InChI is InChI=1S/C13H14FN3O3/c1-8-4-5-9(6-10(8)14)12(18)19-7-11-15-13(16-20-11)17(2)3/h4-6H,7H2,1-3H3. The lowest BCUT2D eigenvalue weighted by atomic mass is 10.1. The van der Waals surface area contributed by atoms with E-state index >= 15 is 0 Å². The van der Waals surface area contributed by atoms with Gasteiger partial charge in [0.15, 0.2) is 6.61 Å². The average molecular weight is 279 g/mol. The van der Waals surface area contributed by atoms with Gasteiger partial charge < -0.3 is 14.2 Å². The maximum atomic E-state index is 13.3. The van der Waals surface area contributed by atoms with E-state index in [1.807, 2.05) is 0 Å². The first-order valence-electron chi connectivity index (χ1n) is 5.90. The van der Waals surface area contributed by atoms with Gasteiger partial charge in [-0.1, -0.05) is 6.07 Å². The fourth-order valence-electron chi connectivity index (χ4n) is 1.42. The van der Waals surface area contributed by atoms with Crippen LogP contribution in [0.15, 0.2) is 22.7 Å². The minimum Gasteiger partial charge on any atom is -0.452 e. The van der Waals surface area contributed by atoms with Gasteiger partial charge in [-0.3, -0.25) is 0 Å². The third kappa shape index (κ3) is 3.11. The topological polar surface area (TPSA) is 68.5 Å². The largest absolute Gasteiger partial charge is 0.452 e. The number of halogens is 1. The number of aryl methyl sites for hydroxylation is 1. The summed E-state index contributed by atoms with van der Waals surface area (Å²) in [6, 6.07) is 4.15. The Morgan fingerprint density at radius 3 is 2.80 bits per heavy atom. The van der Waals surface area contributed by atoms with Crippen molar-refractivity contribution in [2.75, 3.05) is 19.0 Å². The number of hydrogen-bond donors (Lipinski definition) is 0. The first-order valence-corrected chi connectivity index (χ1v) is 5.90. The van der Waals surface area contributed by atoms with Gasteiger partial charge in [0.1, 0.15) is 5.82 Å². The molecule has 1 aromatic carbocycles. The van der Waals surface area contributed by atoms with Gasteiger partial charge in [-0.15, -0.1) is 0 Å². The summed E-state index contributed by atoms with van der Waals surface area (Å²) in [6.07, 6.45) is 0. The lowest BCUT2D eigenvalue weighted by Crippen LogP contribution is -2.10. The van der Waals surface area contributed by atoms with Crippen LogP contribution in [0.25, 0.3) is 0 Å². The van der Waals surface area contributed by atoms with Crippen LogP contribution in [0.1, 0.15) is 21.8 Å². The van der Waals surface area contributed by atoms with Crippen LogP contribution in [0.2, 0.25) is 0 Å². The Labute approximate surface area is 115 Å². The predicted molar refractivity (Wildman–Crippen MR) is 68.9 cm³/mol. The second-order valence-electron chi connectivity index (χ2n) is 4.42. The van der Waals surface area contributed by atoms with E-state index in [0.29, 0.717) is 11.5 Å². The minimum atomic E-state index is -0.645. The molecule has 0 N–H and O–H groups in total. The van der Waals surface area contributed by atoms with E-state index in [-0.39, 0.29) is 18.1 Å². The number of carbonyl (C=O) groups excluding carboxylic acids is 1. The zero-order chi connectivity index (χ0) is 14.7. The number of hydrogen-bond acceptors (Lipinski definition) is 6. The molecule has 0 saturated heterocycles. The van der Waals surface area contributed by atoms with Crippen molar-refractivity contribution in [3.05, 3.63) is 41.0 Å². The molecule has 0 fully saturated rings. The number of rotatable bonds is 4. The van der Waals surface area contributed by atoms with Crippen LogP contribution >= 0.6 is 0 Å². The zero-order valence-corrected chi connectivity index (χ0v) is 11.4. The molecule has 0 radical (unpaired) electrons. The van der Waals surface area contributed by atoms with Crippen LogP contribution in [0, 0.1) is 12.7 Å². The van der Waals surface area contributed by atoms with Gasteiger partial charge in [0, 0.05) is 14.1 Å². The third-order valence-corrected chi connectivity index (χ3v) is 2.59. The molecule has 7 heteroatoms. The molecule has 6 nitrogen and oxygen atoms in total. The second kappa shape index (κ2) is 5.68. The molecule has 0 amide bonds. The Hall–Kier alpha value is -2.44. The summed E-state index contributed by atoms with van der Waals surface area (Å²) in [5, 5.41) is 3.68. The molecule has 2 aromatic rings. The molecule has 0 aliphatic rings. The summed E-state index contributed by atoms with van der Waals surface area (Å²) in [7, 11) is 3.52. The Morgan fingerprint density at radius 1 is 1.45 bits per heavy atom. The molecular weight excluding hydrogens is 265 g/mol. The highest BCUT2D eigenvalue weighted by Gasteiger charge is 2.13. The predicted octanol–water partition coefficient (Wildman–Crippen LogP) is 1.94. The van der Waals surface area contributed by atoms with Crippen LogP contribution < -0.4 is 4.90 Å². The van der Waals surface area contributed by atoms with Crippen molar-refractivity contribution in [2.45, 2.75) is 13.5 Å². The molecule has 0 spiro atoms. The van der Waals surface area contributed by atoms with Gasteiger partial charge >= 0.3 is 5.97 Å². The van der Waals surface area contributed by atoms with E-state index in [0.717, 1.165) is 6.07 Å². The van der Waals surface area contributed by atoms with E-state index < -0.39 is 11.8 Å². The average Bonchev–Trinajstić information content (AvgIpc) is 2.88. The summed E-state index contributed by atoms with van der Waals surface area (Å²) >= 11 is 0. The molecule has 106 valence electrons. The van der Waals surface area contributed by atoms with Crippen molar-refractivity contribution < 1.29 is 18.4 Å². The molecule has 0 unspecified atom stereocenters. The smallest absolute Gasteiger partial charge is 0.338 e. The number of esters is 1. The number of carbonyl (C=O) groups is 1. The van der Waals surface area contributed by atoms with E-state index in [4.69, 9.17) is 9.26 Å². The Morgan fingerprint density at radius 2 is 2.20 bits per heavy atom. The first-order chi connectivity index (χ1) is 9.47. The van der Waals surface area contributed by atoms with Crippen LogP contribution in [0.3, 0.4) is 0 Å². The van der Waals surface area contributed by atoms with Crippen LogP contribution in [-0.4, -0.2) is 30.2 Å². The van der Waals surface area contributed by atoms with Crippen molar-refractivity contribution in [3.8, 4) is 0 Å². The van der Waals surface area contributed by atoms with Crippen molar-refractivity contribution in [3.63, 3.8) is 0 Å². The van der Waals surface area contributed by atoms with E-state index in [1.165, 1.54) is 12.1 Å². The number of ether oxygens (including phenoxy) is 1. The van der Waals surface area contributed by atoms with E-state index in [2.05, 4.69) is 10.1 Å². The number of anilines is 1. The quantitative estimate of drug-likeness (QED) is 0.797. The van der Waals surface area contributed by atoms with Gasteiger partial charge in [0.05, 0.1) is 5.56 Å². The lowest BCUT2D eigenvalue weighted by Gasteiger charge is -2.04. The number of benzene rings is 1. The highest BCUT2D eigenvalue weighted by atomic mass is 19.1. The van der Waals surface area contributed by atoms with Gasteiger partial charge in [0.25, 0.3) is 11.8 Å². The van der Waals surface area contributed by atoms with E-state index in [1.54, 1.807) is 25.9 Å². The third-order valence-electron chi connectivity index (χ3n) is 2.59. The maximum Gasteiger partial charge on any atom is 0.338 e. The molecule has 0 saturated carbocycles. The van der Waals surface area contributed by atoms with Crippen molar-refractivity contribution in [1.82, 2.24) is 10.1 Å². The second-order valence-corrected chi connectivity index (χ2v) is 4.42. The first kappa shape index (κ1) is 14.0. The maximum absolute atomic E-state index is 13.3. The Balaban J connectivity index is 1.99. The van der Waals surface area contributed by atoms with Gasteiger partial charge in [-0.2, -0.15) is 4.98 Å². The van der Waals surface area contributed by atoms with Gasteiger partial charge in [-0.25, -0.2) is 9.18 Å². The SMILES string of the molecule is Cc1ccc(C(=O)OCc2nc(N(C)C)no2)cc1F. The van der Waals surface area contributed by atoms with Crippen LogP contribution in [0.4, 0.5) is 10.3 Å². The minimum absolute atomic E-state index is 0.139. The number of aromatic nitrogens is 2. The molecule has 20 heavy (non-hydrogen) atoms. The molecule has 1 aromatic heterocycles. The van der Waals surface area contributed by atoms with Gasteiger partial charge in [0.2, 0.25) is 0 Å². The normalized spacial score (nSPS) is 10.4. The molecule has 2 rings (SSSR count). The van der Waals surface area contributed by atoms with Crippen molar-refractivity contribution in [1.29, 1.82) is 0 Å².